The molecule has 0 saturated heterocycles. The maximum Gasteiger partial charge on any atom is 0.334 e. The Kier molecular flexibility index (Phi) is 4.64. The highest BCUT2D eigenvalue weighted by molar-refractivity contribution is 6.89. The van der Waals surface area contributed by atoms with Crippen molar-refractivity contribution in [2.24, 2.45) is 0 Å². The summed E-state index contributed by atoms with van der Waals surface area (Å²) in [4.78, 5) is 7.97. The molecule has 5 heteroatoms. The number of anilines is 3. The zero-order valence-electron chi connectivity index (χ0n) is 24.4. The zero-order chi connectivity index (χ0) is 29.1. The Bertz CT molecular complexity index is 2470. The van der Waals surface area contributed by atoms with Gasteiger partial charge in [0.25, 0.3) is 0 Å². The van der Waals surface area contributed by atoms with E-state index in [0.29, 0.717) is 0 Å². The van der Waals surface area contributed by atoms with E-state index in [0.717, 1.165) is 44.5 Å². The van der Waals surface area contributed by atoms with Crippen LogP contribution in [0.1, 0.15) is 11.1 Å². The Hall–Kier alpha value is -5.55. The number of hydrogen-bond donors (Lipinski definition) is 0. The molecule has 8 aromatic rings. The van der Waals surface area contributed by atoms with Gasteiger partial charge >= 0.3 is 6.85 Å². The van der Waals surface area contributed by atoms with Gasteiger partial charge in [-0.3, -0.25) is 0 Å². The normalized spacial score (nSPS) is 13.1. The Morgan fingerprint density at radius 1 is 0.659 bits per heavy atom. The van der Waals surface area contributed by atoms with Gasteiger partial charge in [0, 0.05) is 39.0 Å². The van der Waals surface area contributed by atoms with E-state index < -0.39 is 0 Å². The van der Waals surface area contributed by atoms with Crippen LogP contribution in [0.3, 0.4) is 0 Å². The lowest BCUT2D eigenvalue weighted by Gasteiger charge is -2.40. The summed E-state index contributed by atoms with van der Waals surface area (Å²) in [5, 5.41) is 2.22. The van der Waals surface area contributed by atoms with Gasteiger partial charge in [-0.2, -0.15) is 0 Å². The molecule has 4 heterocycles. The maximum absolute atomic E-state index is 6.61. The van der Waals surface area contributed by atoms with Crippen LogP contribution in [0.5, 0.6) is 0 Å². The Balaban J connectivity index is 1.42. The van der Waals surface area contributed by atoms with Gasteiger partial charge in [0.15, 0.2) is 5.58 Å². The monoisotopic (exact) mass is 563 g/mol. The van der Waals surface area contributed by atoms with Crippen LogP contribution >= 0.6 is 0 Å². The van der Waals surface area contributed by atoms with Crippen molar-refractivity contribution in [2.45, 2.75) is 13.8 Å². The van der Waals surface area contributed by atoms with Crippen LogP contribution in [0.25, 0.3) is 55.5 Å². The van der Waals surface area contributed by atoms with Gasteiger partial charge in [-0.1, -0.05) is 84.9 Å². The second-order valence-electron chi connectivity index (χ2n) is 12.0. The van der Waals surface area contributed by atoms with Crippen molar-refractivity contribution >= 4 is 67.8 Å². The van der Waals surface area contributed by atoms with Crippen molar-refractivity contribution in [3.8, 4) is 22.5 Å². The summed E-state index contributed by atoms with van der Waals surface area (Å²) in [5.74, 6) is 0.984. The summed E-state index contributed by atoms with van der Waals surface area (Å²) in [6, 6.07) is 43.6. The first-order chi connectivity index (χ1) is 21.7. The molecule has 0 N–H and O–H groups in total. The van der Waals surface area contributed by atoms with Gasteiger partial charge in [0.05, 0.1) is 5.52 Å². The summed E-state index contributed by atoms with van der Waals surface area (Å²) < 4.78 is 9.12. The molecule has 0 amide bonds. The van der Waals surface area contributed by atoms with Crippen LogP contribution in [0.4, 0.5) is 17.1 Å². The maximum atomic E-state index is 6.61. The van der Waals surface area contributed by atoms with Gasteiger partial charge in [-0.25, -0.2) is 4.98 Å². The van der Waals surface area contributed by atoms with Crippen LogP contribution in [0.15, 0.2) is 126 Å². The molecule has 0 radical (unpaired) electrons. The average molecular weight is 563 g/mol. The zero-order valence-corrected chi connectivity index (χ0v) is 24.4. The summed E-state index contributed by atoms with van der Waals surface area (Å²) in [7, 11) is 0. The minimum atomic E-state index is -0.0503. The second kappa shape index (κ2) is 8.52. The number of furan rings is 1. The molecule has 0 bridgehead atoms. The molecule has 44 heavy (non-hydrogen) atoms. The average Bonchev–Trinajstić information content (AvgIpc) is 3.63. The fraction of sp³-hybridized carbons (Fsp3) is 0.0513. The minimum absolute atomic E-state index is 0.0503. The van der Waals surface area contributed by atoms with E-state index in [1.165, 1.54) is 50.1 Å². The molecule has 10 rings (SSSR count). The van der Waals surface area contributed by atoms with Crippen molar-refractivity contribution in [3.05, 3.63) is 132 Å². The molecular weight excluding hydrogens is 537 g/mol. The molecule has 0 unspecified atom stereocenters. The number of imidazole rings is 1. The lowest BCUT2D eigenvalue weighted by Crippen LogP contribution is -2.56. The van der Waals surface area contributed by atoms with Crippen molar-refractivity contribution in [1.82, 2.24) is 9.46 Å². The van der Waals surface area contributed by atoms with Crippen molar-refractivity contribution < 1.29 is 4.42 Å². The standard InChI is InChI=1S/C39H26BN3O/c1-23-12-10-13-24(2)34(23)39-41-36-37-28(22-29-26-16-6-9-21-33(26)44-38(29)36)27-17-11-20-32-35(27)40(43(37)39)30-18-7-8-19-31(30)42(32)25-14-4-3-5-15-25/h3-22H,1-2H3. The smallest absolute Gasteiger partial charge is 0.334 e. The molecule has 0 fully saturated rings. The third-order valence-corrected chi connectivity index (χ3v) is 9.64. The summed E-state index contributed by atoms with van der Waals surface area (Å²) in [5.41, 5.74) is 16.0. The van der Waals surface area contributed by atoms with Crippen LogP contribution in [-0.4, -0.2) is 16.3 Å². The van der Waals surface area contributed by atoms with Gasteiger partial charge in [-0.05, 0) is 77.9 Å². The van der Waals surface area contributed by atoms with E-state index in [4.69, 9.17) is 9.40 Å². The highest BCUT2D eigenvalue weighted by atomic mass is 16.3. The number of para-hydroxylation sites is 3. The van der Waals surface area contributed by atoms with Crippen molar-refractivity contribution in [2.75, 3.05) is 4.90 Å². The second-order valence-corrected chi connectivity index (χ2v) is 12.0. The SMILES string of the molecule is Cc1cccc(C)c1-c1nc2c3oc4ccccc4c3cc3c2n1B1c2ccccc2N(c2ccccc2)c2cccc-3c21. The number of benzene rings is 6. The molecule has 0 saturated carbocycles. The molecule has 0 aliphatic carbocycles. The highest BCUT2D eigenvalue weighted by Crippen LogP contribution is 2.47. The van der Waals surface area contributed by atoms with E-state index in [1.54, 1.807) is 0 Å². The number of nitrogens with zero attached hydrogens (tertiary/aromatic N) is 3. The van der Waals surface area contributed by atoms with Crippen LogP contribution in [0.2, 0.25) is 0 Å². The summed E-state index contributed by atoms with van der Waals surface area (Å²) in [6.45, 7) is 4.34. The third-order valence-electron chi connectivity index (χ3n) is 9.64. The predicted molar refractivity (Wildman–Crippen MR) is 182 cm³/mol. The van der Waals surface area contributed by atoms with E-state index in [2.05, 4.69) is 138 Å². The van der Waals surface area contributed by atoms with E-state index in [1.807, 2.05) is 6.07 Å². The van der Waals surface area contributed by atoms with Gasteiger partial charge in [0.1, 0.15) is 16.9 Å². The Morgan fingerprint density at radius 3 is 2.25 bits per heavy atom. The first kappa shape index (κ1) is 24.0. The quantitative estimate of drug-likeness (QED) is 0.198. The van der Waals surface area contributed by atoms with Gasteiger partial charge < -0.3 is 13.8 Å². The molecular formula is C39H26BN3O. The largest absolute Gasteiger partial charge is 0.454 e. The lowest BCUT2D eigenvalue weighted by atomic mass is 9.45. The van der Waals surface area contributed by atoms with Crippen molar-refractivity contribution in [1.29, 1.82) is 0 Å². The van der Waals surface area contributed by atoms with Crippen LogP contribution in [-0.2, 0) is 0 Å². The number of aromatic nitrogens is 2. The van der Waals surface area contributed by atoms with Crippen LogP contribution in [0, 0.1) is 13.8 Å². The fourth-order valence-corrected chi connectivity index (χ4v) is 7.85. The van der Waals surface area contributed by atoms with E-state index >= 15 is 0 Å². The number of fused-ring (bicyclic) bond motifs is 8. The molecule has 0 atom stereocenters. The van der Waals surface area contributed by atoms with E-state index in [9.17, 15) is 0 Å². The molecule has 4 nitrogen and oxygen atoms in total. The topological polar surface area (TPSA) is 34.2 Å². The number of aryl methyl sites for hydroxylation is 2. The first-order valence-corrected chi connectivity index (χ1v) is 15.2. The molecule has 6 aromatic carbocycles. The minimum Gasteiger partial charge on any atom is -0.454 e. The molecule has 206 valence electrons. The Labute approximate surface area is 254 Å². The third kappa shape index (κ3) is 2.96. The van der Waals surface area contributed by atoms with E-state index in [-0.39, 0.29) is 6.85 Å². The number of rotatable bonds is 2. The van der Waals surface area contributed by atoms with Crippen LogP contribution < -0.4 is 15.8 Å². The summed E-state index contributed by atoms with van der Waals surface area (Å²) in [6.07, 6.45) is 0. The lowest BCUT2D eigenvalue weighted by molar-refractivity contribution is 0.672. The predicted octanol–water partition coefficient (Wildman–Crippen LogP) is 8.64. The highest BCUT2D eigenvalue weighted by Gasteiger charge is 2.43. The molecule has 0 spiro atoms. The van der Waals surface area contributed by atoms with Gasteiger partial charge in [-0.15, -0.1) is 0 Å². The van der Waals surface area contributed by atoms with Gasteiger partial charge in [0.2, 0.25) is 0 Å². The molecule has 2 aliphatic rings. The molecule has 2 aliphatic heterocycles. The van der Waals surface area contributed by atoms with Crippen molar-refractivity contribution in [3.63, 3.8) is 0 Å². The number of hydrogen-bond acceptors (Lipinski definition) is 3. The first-order valence-electron chi connectivity index (χ1n) is 15.2. The Morgan fingerprint density at radius 2 is 1.39 bits per heavy atom. The summed E-state index contributed by atoms with van der Waals surface area (Å²) >= 11 is 0. The fourth-order valence-electron chi connectivity index (χ4n) is 7.85. The molecule has 2 aromatic heterocycles.